The van der Waals surface area contributed by atoms with Gasteiger partial charge in [-0.3, -0.25) is 4.79 Å². The van der Waals surface area contributed by atoms with E-state index >= 15 is 0 Å². The number of nitrogens with one attached hydrogen (secondary N) is 2. The van der Waals surface area contributed by atoms with Crippen LogP contribution in [0, 0.1) is 0 Å². The SMILES string of the molecule is CS(=O)(=O)N1NC(c2c(-c3ccccc3)c3cc(Cl)ccc3[nH]c2=O)=C[C@@H]1c1cccs1. The van der Waals surface area contributed by atoms with Crippen molar-refractivity contribution in [1.29, 1.82) is 0 Å². The molecule has 0 bridgehead atoms. The molecule has 0 fully saturated rings. The summed E-state index contributed by atoms with van der Waals surface area (Å²) in [6.45, 7) is 0. The van der Waals surface area contributed by atoms with E-state index in [-0.39, 0.29) is 5.56 Å². The highest BCUT2D eigenvalue weighted by Crippen LogP contribution is 2.39. The fourth-order valence-corrected chi connectivity index (χ4v) is 5.84. The van der Waals surface area contributed by atoms with Gasteiger partial charge in [0.1, 0.15) is 0 Å². The minimum Gasteiger partial charge on any atom is -0.321 e. The van der Waals surface area contributed by atoms with Crippen molar-refractivity contribution in [2.24, 2.45) is 0 Å². The highest BCUT2D eigenvalue weighted by Gasteiger charge is 2.35. The van der Waals surface area contributed by atoms with Gasteiger partial charge in [-0.25, -0.2) is 8.42 Å². The van der Waals surface area contributed by atoms with Crippen LogP contribution in [-0.4, -0.2) is 24.1 Å². The number of hydrogen-bond donors (Lipinski definition) is 2. The number of aromatic nitrogens is 1. The molecule has 2 N–H and O–H groups in total. The zero-order valence-electron chi connectivity index (χ0n) is 16.9. The molecule has 0 radical (unpaired) electrons. The maximum absolute atomic E-state index is 13.3. The lowest BCUT2D eigenvalue weighted by atomic mass is 9.94. The largest absolute Gasteiger partial charge is 0.321 e. The molecule has 0 saturated carbocycles. The van der Waals surface area contributed by atoms with Crippen molar-refractivity contribution < 1.29 is 8.42 Å². The lowest BCUT2D eigenvalue weighted by molar-refractivity contribution is 0.354. The Morgan fingerprint density at radius 3 is 2.50 bits per heavy atom. The molecule has 5 rings (SSSR count). The van der Waals surface area contributed by atoms with Gasteiger partial charge in [0.2, 0.25) is 10.0 Å². The molecule has 1 atom stereocenters. The quantitative estimate of drug-likeness (QED) is 0.438. The Balaban J connectivity index is 1.80. The summed E-state index contributed by atoms with van der Waals surface area (Å²) in [7, 11) is -3.61. The average Bonchev–Trinajstić information content (AvgIpc) is 3.43. The first-order valence-electron chi connectivity index (χ1n) is 9.75. The minimum absolute atomic E-state index is 0.322. The van der Waals surface area contributed by atoms with Crippen LogP contribution in [0.1, 0.15) is 16.5 Å². The van der Waals surface area contributed by atoms with E-state index in [4.69, 9.17) is 11.6 Å². The number of hydrazine groups is 1. The Morgan fingerprint density at radius 1 is 1.03 bits per heavy atom. The average molecular weight is 484 g/mol. The molecule has 9 heteroatoms. The van der Waals surface area contributed by atoms with Crippen LogP contribution in [0.5, 0.6) is 0 Å². The first-order chi connectivity index (χ1) is 15.3. The molecule has 2 aromatic carbocycles. The van der Waals surface area contributed by atoms with E-state index < -0.39 is 16.1 Å². The topological polar surface area (TPSA) is 82.3 Å². The van der Waals surface area contributed by atoms with Gasteiger partial charge >= 0.3 is 0 Å². The van der Waals surface area contributed by atoms with Crippen LogP contribution in [0.3, 0.4) is 0 Å². The standard InChI is InChI=1S/C23H18ClN3O3S2/c1-32(29,30)27-19(20-8-5-11-31-20)13-18(26-27)22-21(14-6-3-2-4-7-14)16-12-15(24)9-10-17(16)25-23(22)28/h2-13,19,26H,1H3,(H,25,28)/t19-/m1/s1. The summed E-state index contributed by atoms with van der Waals surface area (Å²) in [6.07, 6.45) is 2.92. The van der Waals surface area contributed by atoms with Gasteiger partial charge < -0.3 is 10.4 Å². The number of aromatic amines is 1. The van der Waals surface area contributed by atoms with E-state index in [1.165, 1.54) is 15.8 Å². The second kappa shape index (κ2) is 7.90. The number of pyridine rings is 1. The van der Waals surface area contributed by atoms with Crippen LogP contribution in [0.4, 0.5) is 0 Å². The predicted molar refractivity (Wildman–Crippen MR) is 130 cm³/mol. The van der Waals surface area contributed by atoms with Crippen molar-refractivity contribution in [3.05, 3.63) is 97.9 Å². The molecule has 0 unspecified atom stereocenters. The van der Waals surface area contributed by atoms with Gasteiger partial charge in [0.15, 0.2) is 0 Å². The van der Waals surface area contributed by atoms with Crippen LogP contribution in [-0.2, 0) is 10.0 Å². The monoisotopic (exact) mass is 483 g/mol. The van der Waals surface area contributed by atoms with Crippen LogP contribution in [0.25, 0.3) is 27.7 Å². The molecular formula is C23H18ClN3O3S2. The maximum Gasteiger partial charge on any atom is 0.258 e. The van der Waals surface area contributed by atoms with E-state index in [0.29, 0.717) is 27.4 Å². The van der Waals surface area contributed by atoms with E-state index in [2.05, 4.69) is 10.4 Å². The summed E-state index contributed by atoms with van der Waals surface area (Å²) >= 11 is 7.75. The number of thiophene rings is 1. The van der Waals surface area contributed by atoms with Crippen molar-refractivity contribution in [2.75, 3.05) is 6.26 Å². The summed E-state index contributed by atoms with van der Waals surface area (Å²) in [5, 5.41) is 3.20. The molecule has 6 nitrogen and oxygen atoms in total. The molecule has 32 heavy (non-hydrogen) atoms. The first kappa shape index (κ1) is 21.0. The summed E-state index contributed by atoms with van der Waals surface area (Å²) in [5.41, 5.74) is 5.60. The van der Waals surface area contributed by atoms with Crippen molar-refractivity contribution in [3.8, 4) is 11.1 Å². The van der Waals surface area contributed by atoms with Gasteiger partial charge in [0, 0.05) is 26.4 Å². The van der Waals surface area contributed by atoms with Gasteiger partial charge in [0.25, 0.3) is 5.56 Å². The smallest absolute Gasteiger partial charge is 0.258 e. The molecule has 162 valence electrons. The fourth-order valence-electron chi connectivity index (χ4n) is 3.96. The van der Waals surface area contributed by atoms with E-state index in [1.54, 1.807) is 24.3 Å². The highest BCUT2D eigenvalue weighted by molar-refractivity contribution is 7.88. The summed E-state index contributed by atoms with van der Waals surface area (Å²) in [5.74, 6) is 0. The molecule has 0 saturated heterocycles. The first-order valence-corrected chi connectivity index (χ1v) is 12.9. The molecule has 4 aromatic rings. The molecule has 0 aliphatic carbocycles. The van der Waals surface area contributed by atoms with E-state index in [1.807, 2.05) is 47.8 Å². The van der Waals surface area contributed by atoms with Gasteiger partial charge in [-0.15, -0.1) is 15.8 Å². The van der Waals surface area contributed by atoms with Crippen molar-refractivity contribution in [3.63, 3.8) is 0 Å². The Morgan fingerprint density at radius 2 is 1.81 bits per heavy atom. The molecule has 1 aliphatic heterocycles. The van der Waals surface area contributed by atoms with Gasteiger partial charge in [-0.1, -0.05) is 48.0 Å². The predicted octanol–water partition coefficient (Wildman–Crippen LogP) is 4.77. The van der Waals surface area contributed by atoms with Crippen LogP contribution in [0.2, 0.25) is 5.02 Å². The summed E-state index contributed by atoms with van der Waals surface area (Å²) in [4.78, 5) is 17.1. The molecular weight excluding hydrogens is 466 g/mol. The third kappa shape index (κ3) is 3.65. The normalized spacial score (nSPS) is 16.8. The molecule has 0 amide bonds. The van der Waals surface area contributed by atoms with Crippen LogP contribution in [0.15, 0.2) is 76.9 Å². The molecule has 0 spiro atoms. The Hall–Kier alpha value is -2.91. The number of H-pyrrole nitrogens is 1. The molecule has 2 aromatic heterocycles. The van der Waals surface area contributed by atoms with Crippen LogP contribution < -0.4 is 11.0 Å². The number of hydrogen-bond acceptors (Lipinski definition) is 5. The molecule has 3 heterocycles. The maximum atomic E-state index is 13.3. The summed E-state index contributed by atoms with van der Waals surface area (Å²) < 4.78 is 26.3. The van der Waals surface area contributed by atoms with Crippen molar-refractivity contribution in [1.82, 2.24) is 14.8 Å². The number of fused-ring (bicyclic) bond motifs is 1. The number of halogens is 1. The zero-order chi connectivity index (χ0) is 22.5. The second-order valence-corrected chi connectivity index (χ2v) is 10.7. The zero-order valence-corrected chi connectivity index (χ0v) is 19.3. The summed E-state index contributed by atoms with van der Waals surface area (Å²) in [6, 6.07) is 18.0. The van der Waals surface area contributed by atoms with Crippen molar-refractivity contribution >= 4 is 49.6 Å². The highest BCUT2D eigenvalue weighted by atomic mass is 35.5. The van der Waals surface area contributed by atoms with Crippen molar-refractivity contribution in [2.45, 2.75) is 6.04 Å². The number of rotatable bonds is 4. The Kier molecular flexibility index (Phi) is 5.17. The number of sulfonamides is 1. The lowest BCUT2D eigenvalue weighted by Crippen LogP contribution is -2.39. The van der Waals surface area contributed by atoms with E-state index in [9.17, 15) is 13.2 Å². The lowest BCUT2D eigenvalue weighted by Gasteiger charge is -2.22. The minimum atomic E-state index is -3.61. The third-order valence-corrected chi connectivity index (χ3v) is 7.52. The second-order valence-electron chi connectivity index (χ2n) is 7.47. The van der Waals surface area contributed by atoms with Gasteiger partial charge in [-0.05, 0) is 41.3 Å². The van der Waals surface area contributed by atoms with Crippen LogP contribution >= 0.6 is 22.9 Å². The number of nitrogens with zero attached hydrogens (tertiary/aromatic N) is 1. The van der Waals surface area contributed by atoms with Gasteiger partial charge in [-0.2, -0.15) is 0 Å². The Labute approximate surface area is 193 Å². The third-order valence-electron chi connectivity index (χ3n) is 5.31. The van der Waals surface area contributed by atoms with E-state index in [0.717, 1.165) is 22.1 Å². The number of benzene rings is 2. The molecule has 1 aliphatic rings. The fraction of sp³-hybridized carbons (Fsp3) is 0.0870. The Bertz CT molecular complexity index is 1510. The van der Waals surface area contributed by atoms with Gasteiger partial charge in [0.05, 0.1) is 23.6 Å².